The first-order chi connectivity index (χ1) is 23.3. The molecule has 1 aromatic heterocycles. The third kappa shape index (κ3) is 6.46. The summed E-state index contributed by atoms with van der Waals surface area (Å²) in [6.45, 7) is 6.72. The third-order valence-electron chi connectivity index (χ3n) is 11.6. The highest BCUT2D eigenvalue weighted by Crippen LogP contribution is 2.57. The number of fused-ring (bicyclic) bond motifs is 3. The van der Waals surface area contributed by atoms with Gasteiger partial charge in [-0.2, -0.15) is 0 Å². The van der Waals surface area contributed by atoms with Crippen molar-refractivity contribution in [3.05, 3.63) is 87.7 Å². The van der Waals surface area contributed by atoms with Gasteiger partial charge in [-0.1, -0.05) is 43.6 Å². The van der Waals surface area contributed by atoms with Crippen molar-refractivity contribution in [2.24, 2.45) is 11.8 Å². The number of benzene rings is 2. The molecule has 8 heteroatoms. The van der Waals surface area contributed by atoms with Crippen LogP contribution < -0.4 is 10.1 Å². The van der Waals surface area contributed by atoms with Crippen LogP contribution in [0.1, 0.15) is 105 Å². The molecule has 3 aromatic rings. The topological polar surface area (TPSA) is 78.9 Å². The fourth-order valence-corrected chi connectivity index (χ4v) is 9.32. The summed E-state index contributed by atoms with van der Waals surface area (Å²) in [6.07, 6.45) is 11.0. The van der Waals surface area contributed by atoms with E-state index in [0.717, 1.165) is 55.5 Å². The highest BCUT2D eigenvalue weighted by atomic mass is 35.5. The van der Waals surface area contributed by atoms with Gasteiger partial charge in [0.1, 0.15) is 11.3 Å². The Morgan fingerprint density at radius 3 is 2.67 bits per heavy atom. The Labute approximate surface area is 290 Å². The molecule has 0 amide bonds. The van der Waals surface area contributed by atoms with Crippen molar-refractivity contribution in [1.29, 1.82) is 0 Å². The number of carbonyl (C=O) groups is 1. The molecule has 256 valence electrons. The molecule has 4 aliphatic rings. The maximum absolute atomic E-state index is 13.5. The number of methoxy groups -OCH3 is 1. The fraction of sp³-hybridized carbons (Fsp3) is 0.550. The van der Waals surface area contributed by atoms with Crippen LogP contribution in [0.15, 0.2) is 54.7 Å². The second-order valence-electron chi connectivity index (χ2n) is 14.7. The zero-order valence-corrected chi connectivity index (χ0v) is 29.3. The Bertz CT molecular complexity index is 1610. The predicted molar refractivity (Wildman–Crippen MR) is 188 cm³/mol. The van der Waals surface area contributed by atoms with E-state index in [0.29, 0.717) is 55.4 Å². The SMILES string of the molecule is COC(=O)C1(Nc2cccc(Cl)c2)CCC2(CC1)c1cc(C3OCCCO3)ccc1CC2C[C@@H](C)COc1ccnc2c1[C@H](C)CCC2. The monoisotopic (exact) mass is 672 g/mol. The molecule has 2 fully saturated rings. The van der Waals surface area contributed by atoms with E-state index in [-0.39, 0.29) is 17.7 Å². The molecule has 7 nitrogen and oxygen atoms in total. The summed E-state index contributed by atoms with van der Waals surface area (Å²) < 4.78 is 24.1. The number of hydrogen-bond donors (Lipinski definition) is 1. The summed E-state index contributed by atoms with van der Waals surface area (Å²) in [6, 6.07) is 16.5. The number of ether oxygens (including phenoxy) is 4. The van der Waals surface area contributed by atoms with Gasteiger partial charge in [-0.05, 0) is 129 Å². The average Bonchev–Trinajstić information content (AvgIpc) is 3.39. The summed E-state index contributed by atoms with van der Waals surface area (Å²) in [4.78, 5) is 18.2. The molecule has 0 bridgehead atoms. The van der Waals surface area contributed by atoms with E-state index in [2.05, 4.69) is 48.4 Å². The maximum atomic E-state index is 13.5. The average molecular weight is 673 g/mol. The van der Waals surface area contributed by atoms with Crippen molar-refractivity contribution in [1.82, 2.24) is 4.98 Å². The first kappa shape index (κ1) is 33.4. The van der Waals surface area contributed by atoms with Gasteiger partial charge < -0.3 is 24.3 Å². The molecule has 1 saturated carbocycles. The summed E-state index contributed by atoms with van der Waals surface area (Å²) in [5, 5.41) is 4.21. The minimum atomic E-state index is -0.822. The number of anilines is 1. The molecule has 0 radical (unpaired) electrons. The Kier molecular flexibility index (Phi) is 9.74. The molecular weight excluding hydrogens is 624 g/mol. The number of nitrogens with zero attached hydrogens (tertiary/aromatic N) is 1. The van der Waals surface area contributed by atoms with E-state index in [1.807, 2.05) is 30.5 Å². The lowest BCUT2D eigenvalue weighted by Crippen LogP contribution is -2.53. The van der Waals surface area contributed by atoms with Gasteiger partial charge in [-0.15, -0.1) is 0 Å². The number of aromatic nitrogens is 1. The zero-order valence-electron chi connectivity index (χ0n) is 28.6. The van der Waals surface area contributed by atoms with Gasteiger partial charge in [0, 0.05) is 33.7 Å². The molecule has 1 saturated heterocycles. The molecule has 1 unspecified atom stereocenters. The lowest BCUT2D eigenvalue weighted by Gasteiger charge is -2.48. The van der Waals surface area contributed by atoms with Gasteiger partial charge in [-0.25, -0.2) is 4.79 Å². The third-order valence-corrected chi connectivity index (χ3v) is 11.8. The van der Waals surface area contributed by atoms with Gasteiger partial charge in [0.05, 0.1) is 26.9 Å². The number of halogens is 1. The van der Waals surface area contributed by atoms with E-state index in [1.54, 1.807) is 0 Å². The second-order valence-corrected chi connectivity index (χ2v) is 15.2. The fourth-order valence-electron chi connectivity index (χ4n) is 9.13. The van der Waals surface area contributed by atoms with Gasteiger partial charge in [0.15, 0.2) is 6.29 Å². The highest BCUT2D eigenvalue weighted by Gasteiger charge is 2.54. The number of aryl methyl sites for hydroxylation is 1. The molecular formula is C40H49ClN2O5. The number of nitrogens with one attached hydrogen (secondary N) is 1. The smallest absolute Gasteiger partial charge is 0.331 e. The van der Waals surface area contributed by atoms with Crippen LogP contribution in [0, 0.1) is 11.8 Å². The summed E-state index contributed by atoms with van der Waals surface area (Å²) in [7, 11) is 1.49. The Hall–Kier alpha value is -3.13. The van der Waals surface area contributed by atoms with Crippen LogP contribution in [-0.4, -0.2) is 43.4 Å². The zero-order chi connectivity index (χ0) is 33.3. The van der Waals surface area contributed by atoms with Gasteiger partial charge in [-0.3, -0.25) is 4.98 Å². The number of pyridine rings is 1. The van der Waals surface area contributed by atoms with E-state index in [4.69, 9.17) is 30.5 Å². The molecule has 7 rings (SSSR count). The van der Waals surface area contributed by atoms with Crippen LogP contribution in [0.3, 0.4) is 0 Å². The standard InChI is InChI=1S/C40H49ClN2O5/c1-26(25-48-35-13-18-42-34-10-4-7-27(2)36(34)35)21-30-22-28-11-12-29(37-46-19-6-20-47-37)23-33(28)39(30)14-16-40(17-15-39,38(44)45-3)43-32-9-5-8-31(41)24-32/h5,8-9,11-13,18,23-24,26-27,30,37,43H,4,6-7,10,14-17,19-22,25H2,1-3H3/t26-,27-,30?,39?,40?/m1/s1. The van der Waals surface area contributed by atoms with E-state index in [1.165, 1.54) is 42.3 Å². The number of esters is 1. The van der Waals surface area contributed by atoms with Crippen molar-refractivity contribution >= 4 is 23.3 Å². The quantitative estimate of drug-likeness (QED) is 0.228. The van der Waals surface area contributed by atoms with Crippen LogP contribution in [0.2, 0.25) is 5.02 Å². The van der Waals surface area contributed by atoms with Crippen LogP contribution in [-0.2, 0) is 37.3 Å². The Balaban J connectivity index is 1.15. The van der Waals surface area contributed by atoms with E-state index in [9.17, 15) is 4.79 Å². The van der Waals surface area contributed by atoms with E-state index >= 15 is 0 Å². The molecule has 3 atom stereocenters. The van der Waals surface area contributed by atoms with Crippen molar-refractivity contribution < 1.29 is 23.7 Å². The predicted octanol–water partition coefficient (Wildman–Crippen LogP) is 8.72. The number of hydrogen-bond acceptors (Lipinski definition) is 7. The van der Waals surface area contributed by atoms with Crippen LogP contribution >= 0.6 is 11.6 Å². The largest absolute Gasteiger partial charge is 0.493 e. The molecule has 2 aromatic carbocycles. The molecule has 3 aliphatic carbocycles. The molecule has 1 spiro atoms. The number of rotatable bonds is 9. The first-order valence-corrected chi connectivity index (χ1v) is 18.3. The van der Waals surface area contributed by atoms with Crippen molar-refractivity contribution in [2.75, 3.05) is 32.2 Å². The van der Waals surface area contributed by atoms with Gasteiger partial charge in [0.25, 0.3) is 0 Å². The maximum Gasteiger partial charge on any atom is 0.331 e. The Morgan fingerprint density at radius 1 is 1.08 bits per heavy atom. The van der Waals surface area contributed by atoms with Crippen LogP contribution in [0.4, 0.5) is 5.69 Å². The second kappa shape index (κ2) is 14.0. The normalized spacial score (nSPS) is 27.6. The minimum Gasteiger partial charge on any atom is -0.493 e. The minimum absolute atomic E-state index is 0.0772. The van der Waals surface area contributed by atoms with Crippen molar-refractivity contribution in [3.63, 3.8) is 0 Å². The van der Waals surface area contributed by atoms with Crippen molar-refractivity contribution in [2.45, 2.75) is 101 Å². The molecule has 48 heavy (non-hydrogen) atoms. The number of carbonyl (C=O) groups excluding carboxylic acids is 1. The summed E-state index contributed by atoms with van der Waals surface area (Å²) >= 11 is 6.34. The molecule has 1 N–H and O–H groups in total. The van der Waals surface area contributed by atoms with Gasteiger partial charge in [0.2, 0.25) is 0 Å². The van der Waals surface area contributed by atoms with E-state index < -0.39 is 5.54 Å². The lowest BCUT2D eigenvalue weighted by molar-refractivity contribution is -0.183. The lowest BCUT2D eigenvalue weighted by atomic mass is 9.59. The van der Waals surface area contributed by atoms with Crippen molar-refractivity contribution in [3.8, 4) is 5.75 Å². The van der Waals surface area contributed by atoms with Crippen LogP contribution in [0.25, 0.3) is 0 Å². The summed E-state index contributed by atoms with van der Waals surface area (Å²) in [5.41, 5.74) is 6.32. The molecule has 1 aliphatic heterocycles. The molecule has 2 heterocycles. The summed E-state index contributed by atoms with van der Waals surface area (Å²) in [5.74, 6) is 2.03. The highest BCUT2D eigenvalue weighted by molar-refractivity contribution is 6.30. The Morgan fingerprint density at radius 2 is 1.90 bits per heavy atom. The first-order valence-electron chi connectivity index (χ1n) is 17.9. The van der Waals surface area contributed by atoms with Gasteiger partial charge >= 0.3 is 5.97 Å². The van der Waals surface area contributed by atoms with Crippen LogP contribution in [0.5, 0.6) is 5.75 Å².